The second-order valence-electron chi connectivity index (χ2n) is 6.31. The van der Waals surface area contributed by atoms with Crippen LogP contribution in [-0.2, 0) is 5.41 Å². The molecule has 110 valence electrons. The summed E-state index contributed by atoms with van der Waals surface area (Å²) in [4.78, 5) is 0. The molecule has 1 atom stereocenters. The Morgan fingerprint density at radius 1 is 0.826 bits per heavy atom. The number of benzene rings is 2. The summed E-state index contributed by atoms with van der Waals surface area (Å²) >= 11 is 3.85. The topological polar surface area (TPSA) is 0 Å². The Kier molecular flexibility index (Phi) is 2.72. The van der Waals surface area contributed by atoms with Crippen LogP contribution in [0.1, 0.15) is 17.5 Å². The Bertz CT molecular complexity index is 956. The summed E-state index contributed by atoms with van der Waals surface area (Å²) in [6, 6.07) is 15.4. The lowest BCUT2D eigenvalue weighted by atomic mass is 9.57. The Morgan fingerprint density at radius 2 is 1.65 bits per heavy atom. The van der Waals surface area contributed by atoms with Crippen molar-refractivity contribution in [3.63, 3.8) is 0 Å². The number of hydrogen-bond acceptors (Lipinski definition) is 0. The zero-order valence-corrected chi connectivity index (χ0v) is 14.2. The van der Waals surface area contributed by atoms with E-state index < -0.39 is 0 Å². The average molecular weight is 359 g/mol. The number of allylic oxidation sites excluding steroid dienone is 8. The Hall–Kier alpha value is -2.12. The van der Waals surface area contributed by atoms with E-state index in [2.05, 4.69) is 94.9 Å². The molecule has 0 radical (unpaired) electrons. The highest BCUT2D eigenvalue weighted by molar-refractivity contribution is 9.10. The van der Waals surface area contributed by atoms with E-state index in [-0.39, 0.29) is 5.41 Å². The van der Waals surface area contributed by atoms with Crippen molar-refractivity contribution in [1.82, 2.24) is 0 Å². The van der Waals surface area contributed by atoms with Crippen LogP contribution in [0, 0.1) is 0 Å². The van der Waals surface area contributed by atoms with Gasteiger partial charge in [0, 0.05) is 4.47 Å². The molecule has 0 aliphatic heterocycles. The molecule has 2 aromatic rings. The standard InChI is InChI=1S/C22H15Br/c23-20-13-6-11-18-16-9-1-2-10-17(16)19-12-5-8-15-7-3-4-14-22(15,19)21(18)20/h1-13H,14H2. The summed E-state index contributed by atoms with van der Waals surface area (Å²) in [6.45, 7) is 0. The minimum Gasteiger partial charge on any atom is -0.0830 e. The quantitative estimate of drug-likeness (QED) is 0.525. The van der Waals surface area contributed by atoms with Crippen LogP contribution >= 0.6 is 15.9 Å². The van der Waals surface area contributed by atoms with Crippen LogP contribution in [0.15, 0.2) is 89.0 Å². The molecule has 3 aliphatic carbocycles. The first kappa shape index (κ1) is 13.3. The van der Waals surface area contributed by atoms with Gasteiger partial charge in [-0.2, -0.15) is 0 Å². The van der Waals surface area contributed by atoms with Gasteiger partial charge in [0.25, 0.3) is 0 Å². The fraction of sp³-hybridized carbons (Fsp3) is 0.0909. The lowest BCUT2D eigenvalue weighted by Gasteiger charge is -2.46. The van der Waals surface area contributed by atoms with Crippen LogP contribution in [0.4, 0.5) is 0 Å². The molecular formula is C22H15Br. The normalized spacial score (nSPS) is 23.2. The van der Waals surface area contributed by atoms with Crippen LogP contribution in [0.25, 0.3) is 16.7 Å². The maximum atomic E-state index is 3.85. The van der Waals surface area contributed by atoms with Crippen molar-refractivity contribution in [2.45, 2.75) is 11.8 Å². The van der Waals surface area contributed by atoms with E-state index in [4.69, 9.17) is 0 Å². The van der Waals surface area contributed by atoms with Gasteiger partial charge in [0.05, 0.1) is 5.41 Å². The summed E-state index contributed by atoms with van der Waals surface area (Å²) in [5.74, 6) is 0. The van der Waals surface area contributed by atoms with E-state index >= 15 is 0 Å². The van der Waals surface area contributed by atoms with Gasteiger partial charge in [0.1, 0.15) is 0 Å². The third-order valence-corrected chi connectivity index (χ3v) is 5.94. The zero-order chi connectivity index (χ0) is 15.4. The number of rotatable bonds is 0. The molecule has 23 heavy (non-hydrogen) atoms. The summed E-state index contributed by atoms with van der Waals surface area (Å²) in [5, 5.41) is 0. The molecule has 0 saturated carbocycles. The van der Waals surface area contributed by atoms with Crippen LogP contribution < -0.4 is 0 Å². The molecular weight excluding hydrogens is 344 g/mol. The predicted molar refractivity (Wildman–Crippen MR) is 100 cm³/mol. The molecule has 0 aromatic heterocycles. The summed E-state index contributed by atoms with van der Waals surface area (Å²) < 4.78 is 1.20. The average Bonchev–Trinajstić information content (AvgIpc) is 2.60. The van der Waals surface area contributed by atoms with Gasteiger partial charge in [0.2, 0.25) is 0 Å². The van der Waals surface area contributed by atoms with Gasteiger partial charge in [-0.05, 0) is 45.9 Å². The highest BCUT2D eigenvalue weighted by atomic mass is 79.9. The van der Waals surface area contributed by atoms with Gasteiger partial charge in [-0.15, -0.1) is 0 Å². The van der Waals surface area contributed by atoms with Crippen molar-refractivity contribution in [3.8, 4) is 11.1 Å². The summed E-state index contributed by atoms with van der Waals surface area (Å²) in [5.41, 5.74) is 8.21. The Balaban J connectivity index is 1.98. The van der Waals surface area contributed by atoms with E-state index in [0.29, 0.717) is 0 Å². The molecule has 0 saturated heterocycles. The second-order valence-corrected chi connectivity index (χ2v) is 7.16. The monoisotopic (exact) mass is 358 g/mol. The van der Waals surface area contributed by atoms with Crippen molar-refractivity contribution in [3.05, 3.63) is 100 Å². The zero-order valence-electron chi connectivity index (χ0n) is 12.6. The summed E-state index contributed by atoms with van der Waals surface area (Å²) in [6.07, 6.45) is 14.5. The SMILES string of the molecule is Brc1cccc2c1C13CC=CC=C1C=CC=C3c1ccccc1-2. The van der Waals surface area contributed by atoms with Crippen molar-refractivity contribution in [2.75, 3.05) is 0 Å². The molecule has 5 rings (SSSR count). The van der Waals surface area contributed by atoms with Crippen LogP contribution in [-0.4, -0.2) is 0 Å². The molecule has 1 unspecified atom stereocenters. The molecule has 1 spiro atoms. The van der Waals surface area contributed by atoms with Gasteiger partial charge < -0.3 is 0 Å². The van der Waals surface area contributed by atoms with Crippen LogP contribution in [0.3, 0.4) is 0 Å². The van der Waals surface area contributed by atoms with Crippen molar-refractivity contribution in [2.24, 2.45) is 0 Å². The van der Waals surface area contributed by atoms with Gasteiger partial charge in [-0.25, -0.2) is 0 Å². The largest absolute Gasteiger partial charge is 0.0830 e. The number of halogens is 1. The highest BCUT2D eigenvalue weighted by Crippen LogP contribution is 2.59. The first-order chi connectivity index (χ1) is 11.3. The molecule has 1 heteroatoms. The molecule has 2 aromatic carbocycles. The van der Waals surface area contributed by atoms with Gasteiger partial charge in [-0.3, -0.25) is 0 Å². The van der Waals surface area contributed by atoms with Gasteiger partial charge in [-0.1, -0.05) is 88.8 Å². The Labute approximate surface area is 144 Å². The van der Waals surface area contributed by atoms with E-state index in [1.807, 2.05) is 0 Å². The molecule has 0 heterocycles. The maximum absolute atomic E-state index is 3.85. The molecule has 0 fully saturated rings. The van der Waals surface area contributed by atoms with E-state index in [1.54, 1.807) is 0 Å². The Morgan fingerprint density at radius 3 is 2.57 bits per heavy atom. The van der Waals surface area contributed by atoms with E-state index in [9.17, 15) is 0 Å². The fourth-order valence-corrected chi connectivity index (χ4v) is 5.07. The third kappa shape index (κ3) is 1.61. The van der Waals surface area contributed by atoms with E-state index in [1.165, 1.54) is 37.9 Å². The number of fused-ring (bicyclic) bond motifs is 4. The molecule has 0 bridgehead atoms. The lowest BCUT2D eigenvalue weighted by molar-refractivity contribution is 0.655. The van der Waals surface area contributed by atoms with Crippen molar-refractivity contribution < 1.29 is 0 Å². The van der Waals surface area contributed by atoms with Crippen LogP contribution in [0.5, 0.6) is 0 Å². The van der Waals surface area contributed by atoms with Crippen molar-refractivity contribution >= 4 is 21.5 Å². The highest BCUT2D eigenvalue weighted by Gasteiger charge is 2.46. The molecule has 0 N–H and O–H groups in total. The second kappa shape index (κ2) is 4.69. The third-order valence-electron chi connectivity index (χ3n) is 5.27. The smallest absolute Gasteiger partial charge is 0.0509 e. The van der Waals surface area contributed by atoms with E-state index in [0.717, 1.165) is 6.42 Å². The minimum absolute atomic E-state index is 0.0622. The van der Waals surface area contributed by atoms with Crippen LogP contribution in [0.2, 0.25) is 0 Å². The molecule has 0 nitrogen and oxygen atoms in total. The maximum Gasteiger partial charge on any atom is 0.0509 e. The fourth-order valence-electron chi connectivity index (χ4n) is 4.37. The summed E-state index contributed by atoms with van der Waals surface area (Å²) in [7, 11) is 0. The minimum atomic E-state index is -0.0622. The molecule has 0 amide bonds. The predicted octanol–water partition coefficient (Wildman–Crippen LogP) is 6.21. The van der Waals surface area contributed by atoms with Crippen molar-refractivity contribution in [1.29, 1.82) is 0 Å². The lowest BCUT2D eigenvalue weighted by Crippen LogP contribution is -2.35. The van der Waals surface area contributed by atoms with Gasteiger partial charge in [0.15, 0.2) is 0 Å². The first-order valence-electron chi connectivity index (χ1n) is 7.97. The van der Waals surface area contributed by atoms with Gasteiger partial charge >= 0.3 is 0 Å². The molecule has 3 aliphatic rings. The first-order valence-corrected chi connectivity index (χ1v) is 8.76. The number of hydrogen-bond donors (Lipinski definition) is 0.